The van der Waals surface area contributed by atoms with Crippen LogP contribution >= 0.6 is 0 Å². The van der Waals surface area contributed by atoms with Gasteiger partial charge in [-0.25, -0.2) is 4.79 Å². The van der Waals surface area contributed by atoms with Gasteiger partial charge in [-0.15, -0.1) is 0 Å². The third-order valence-electron chi connectivity index (χ3n) is 10.0. The Balaban J connectivity index is 3.08. The van der Waals surface area contributed by atoms with Gasteiger partial charge in [0.05, 0.1) is 0 Å². The van der Waals surface area contributed by atoms with Crippen molar-refractivity contribution in [2.45, 2.75) is 137 Å². The van der Waals surface area contributed by atoms with Crippen LogP contribution in [0.3, 0.4) is 0 Å². The van der Waals surface area contributed by atoms with Crippen molar-refractivity contribution in [1.82, 2.24) is 0 Å². The summed E-state index contributed by atoms with van der Waals surface area (Å²) in [6.45, 7) is 32.4. The van der Waals surface area contributed by atoms with E-state index in [1.165, 1.54) is 17.2 Å². The van der Waals surface area contributed by atoms with E-state index in [2.05, 4.69) is 121 Å². The van der Waals surface area contributed by atoms with Crippen LogP contribution in [0.15, 0.2) is 36.9 Å². The fourth-order valence-corrected chi connectivity index (χ4v) is 5.00. The molecular formula is C37H56O3. The Morgan fingerprint density at radius 2 is 1.25 bits per heavy atom. The molecule has 2 aromatic carbocycles. The average Bonchev–Trinajstić information content (AvgIpc) is 2.91. The second-order valence-electron chi connectivity index (χ2n) is 14.0. The molecule has 222 valence electrons. The fourth-order valence-electron chi connectivity index (χ4n) is 5.00. The highest BCUT2D eigenvalue weighted by Gasteiger charge is 2.33. The Morgan fingerprint density at radius 1 is 0.800 bits per heavy atom. The minimum atomic E-state index is -0.469. The van der Waals surface area contributed by atoms with Gasteiger partial charge in [0.15, 0.2) is 0 Å². The number of ether oxygens (including phenoxy) is 1. The smallest absolute Gasteiger partial charge is 0.335 e. The molecule has 0 heterocycles. The first kappa shape index (κ1) is 33.7. The maximum atomic E-state index is 12.7. The van der Waals surface area contributed by atoms with Crippen molar-refractivity contribution in [2.24, 2.45) is 5.92 Å². The van der Waals surface area contributed by atoms with Gasteiger partial charge in [-0.3, -0.25) is 0 Å². The molecule has 2 rings (SSSR count). The maximum Gasteiger partial charge on any atom is 0.335 e. The Hall–Kier alpha value is -2.55. The zero-order valence-corrected chi connectivity index (χ0v) is 27.7. The van der Waals surface area contributed by atoms with E-state index in [1.54, 1.807) is 0 Å². The number of carbonyl (C=O) groups is 1. The summed E-state index contributed by atoms with van der Waals surface area (Å²) in [6.07, 6.45) is 4.07. The van der Waals surface area contributed by atoms with E-state index in [9.17, 15) is 9.90 Å². The molecule has 0 radical (unpaired) electrons. The van der Waals surface area contributed by atoms with Crippen molar-refractivity contribution >= 4 is 5.97 Å². The predicted octanol–water partition coefficient (Wildman–Crippen LogP) is 10.5. The lowest BCUT2D eigenvalue weighted by Gasteiger charge is -2.34. The molecule has 0 amide bonds. The number of aromatic hydroxyl groups is 1. The Labute approximate surface area is 245 Å². The summed E-state index contributed by atoms with van der Waals surface area (Å²) < 4.78 is 6.09. The van der Waals surface area contributed by atoms with Crippen LogP contribution in [0.4, 0.5) is 0 Å². The monoisotopic (exact) mass is 548 g/mol. The Morgan fingerprint density at radius 3 is 1.70 bits per heavy atom. The van der Waals surface area contributed by atoms with Crippen molar-refractivity contribution in [3.05, 3.63) is 70.3 Å². The first-order valence-corrected chi connectivity index (χ1v) is 15.3. The van der Waals surface area contributed by atoms with Gasteiger partial charge in [0, 0.05) is 28.7 Å². The molecule has 0 aliphatic rings. The molecule has 40 heavy (non-hydrogen) atoms. The summed E-state index contributed by atoms with van der Waals surface area (Å²) >= 11 is 0. The number of benzene rings is 2. The highest BCUT2D eigenvalue weighted by Crippen LogP contribution is 2.48. The maximum absolute atomic E-state index is 12.7. The molecule has 1 N–H and O–H groups in total. The zero-order valence-electron chi connectivity index (χ0n) is 27.7. The molecule has 0 saturated heterocycles. The Bertz CT molecular complexity index is 1210. The van der Waals surface area contributed by atoms with Crippen LogP contribution < -0.4 is 4.74 Å². The number of phenolic OH excluding ortho intramolecular Hbond substituents is 1. The molecule has 2 unspecified atom stereocenters. The third kappa shape index (κ3) is 6.84. The van der Waals surface area contributed by atoms with Crippen molar-refractivity contribution in [3.8, 4) is 11.5 Å². The van der Waals surface area contributed by atoms with Crippen LogP contribution in [-0.2, 0) is 21.0 Å². The lowest BCUT2D eigenvalue weighted by atomic mass is 9.72. The molecule has 2 aromatic rings. The number of carbonyl (C=O) groups excluding carboxylic acids is 1. The van der Waals surface area contributed by atoms with Crippen LogP contribution in [0.25, 0.3) is 0 Å². The standard InChI is InChI=1S/C37H56O3/c1-15-32(38)40-34-30(21-27(36(11,12)17-3)22-31(34)37(13,14)18-4)25(8)29-20-26(35(9,10)16-2)19-28(33(29)39)24(7)23(5)6/h15,19-25,39H,1,16-18H2,2-14H3. The van der Waals surface area contributed by atoms with Crippen LogP contribution in [0.2, 0.25) is 0 Å². The fraction of sp³-hybridized carbons (Fsp3) is 0.595. The first-order valence-electron chi connectivity index (χ1n) is 15.3. The molecule has 2 atom stereocenters. The van der Waals surface area contributed by atoms with E-state index in [0.717, 1.165) is 41.5 Å². The number of esters is 1. The minimum Gasteiger partial charge on any atom is -0.507 e. The largest absolute Gasteiger partial charge is 0.507 e. The zero-order chi connectivity index (χ0) is 30.8. The van der Waals surface area contributed by atoms with E-state index in [0.29, 0.717) is 17.4 Å². The summed E-state index contributed by atoms with van der Waals surface area (Å²) in [5, 5.41) is 11.8. The molecule has 3 heteroatoms. The van der Waals surface area contributed by atoms with E-state index >= 15 is 0 Å². The van der Waals surface area contributed by atoms with Crippen LogP contribution in [0.5, 0.6) is 11.5 Å². The minimum absolute atomic E-state index is 0.0484. The Kier molecular flexibility index (Phi) is 10.5. The number of hydrogen-bond donors (Lipinski definition) is 1. The summed E-state index contributed by atoms with van der Waals surface area (Å²) in [4.78, 5) is 12.7. The van der Waals surface area contributed by atoms with Crippen molar-refractivity contribution in [3.63, 3.8) is 0 Å². The number of phenols is 1. The molecule has 0 bridgehead atoms. The van der Waals surface area contributed by atoms with Crippen molar-refractivity contribution in [2.75, 3.05) is 0 Å². The predicted molar refractivity (Wildman–Crippen MR) is 171 cm³/mol. The SMILES string of the molecule is C=CC(=O)Oc1c(C(C)c2cc(C(C)(C)CC)cc(C(C)C(C)C)c2O)cc(C(C)(C)CC)cc1C(C)(C)CC. The summed E-state index contributed by atoms with van der Waals surface area (Å²) in [5.74, 6) is 0.834. The van der Waals surface area contributed by atoms with E-state index in [4.69, 9.17) is 4.74 Å². The molecule has 0 aromatic heterocycles. The van der Waals surface area contributed by atoms with E-state index in [1.807, 2.05) is 0 Å². The van der Waals surface area contributed by atoms with Gasteiger partial charge in [-0.05, 0) is 64.0 Å². The summed E-state index contributed by atoms with van der Waals surface area (Å²) in [6, 6.07) is 8.83. The van der Waals surface area contributed by atoms with Crippen molar-refractivity contribution < 1.29 is 14.6 Å². The molecule has 0 spiro atoms. The summed E-state index contributed by atoms with van der Waals surface area (Å²) in [7, 11) is 0. The first-order chi connectivity index (χ1) is 18.4. The second kappa shape index (κ2) is 12.5. The van der Waals surface area contributed by atoms with Gasteiger partial charge in [-0.2, -0.15) is 0 Å². The van der Waals surface area contributed by atoms with Crippen LogP contribution in [0.1, 0.15) is 154 Å². The topological polar surface area (TPSA) is 46.5 Å². The molecule has 3 nitrogen and oxygen atoms in total. The quantitative estimate of drug-likeness (QED) is 0.163. The van der Waals surface area contributed by atoms with E-state index in [-0.39, 0.29) is 28.1 Å². The number of rotatable bonds is 12. The van der Waals surface area contributed by atoms with Gasteiger partial charge >= 0.3 is 5.97 Å². The van der Waals surface area contributed by atoms with Crippen LogP contribution in [-0.4, -0.2) is 11.1 Å². The lowest BCUT2D eigenvalue weighted by molar-refractivity contribution is -0.129. The second-order valence-corrected chi connectivity index (χ2v) is 14.0. The number of hydrogen-bond acceptors (Lipinski definition) is 3. The third-order valence-corrected chi connectivity index (χ3v) is 10.0. The molecular weight excluding hydrogens is 492 g/mol. The highest BCUT2D eigenvalue weighted by molar-refractivity contribution is 5.84. The molecule has 0 aliphatic carbocycles. The molecule has 0 aliphatic heterocycles. The normalized spacial score (nSPS) is 14.2. The summed E-state index contributed by atoms with van der Waals surface area (Å²) in [5.41, 5.74) is 5.90. The lowest BCUT2D eigenvalue weighted by Crippen LogP contribution is -2.24. The van der Waals surface area contributed by atoms with Gasteiger partial charge in [0.1, 0.15) is 11.5 Å². The molecule has 0 fully saturated rings. The van der Waals surface area contributed by atoms with Gasteiger partial charge < -0.3 is 9.84 Å². The molecule has 0 saturated carbocycles. The highest BCUT2D eigenvalue weighted by atomic mass is 16.5. The average molecular weight is 549 g/mol. The van der Waals surface area contributed by atoms with Crippen molar-refractivity contribution in [1.29, 1.82) is 0 Å². The van der Waals surface area contributed by atoms with Gasteiger partial charge in [0.2, 0.25) is 0 Å². The van der Waals surface area contributed by atoms with E-state index < -0.39 is 5.97 Å². The van der Waals surface area contributed by atoms with Gasteiger partial charge in [0.25, 0.3) is 0 Å². The van der Waals surface area contributed by atoms with Crippen LogP contribution in [0, 0.1) is 5.92 Å². The van der Waals surface area contributed by atoms with Gasteiger partial charge in [-0.1, -0.05) is 121 Å².